The number of nitrogens with two attached hydrogens (primary N) is 1. The van der Waals surface area contributed by atoms with Crippen LogP contribution in [0.5, 0.6) is 6.08 Å². The Bertz CT molecular complexity index is 277. The van der Waals surface area contributed by atoms with Crippen LogP contribution in [0.15, 0.2) is 4.52 Å². The van der Waals surface area contributed by atoms with E-state index >= 15 is 0 Å². The molecule has 0 fully saturated rings. The minimum absolute atomic E-state index is 0.151. The van der Waals surface area contributed by atoms with Crippen LogP contribution in [0.2, 0.25) is 0 Å². The Morgan fingerprint density at radius 1 is 1.47 bits per heavy atom. The van der Waals surface area contributed by atoms with Gasteiger partial charge < -0.3 is 15.2 Å². The lowest BCUT2D eigenvalue weighted by atomic mass is 10.3. The minimum atomic E-state index is -0.366. The Kier molecular flexibility index (Phi) is 5.06. The Balaban J connectivity index is 2.39. The molecule has 0 aromatic carbocycles. The highest BCUT2D eigenvalue weighted by molar-refractivity contribution is 4.95. The van der Waals surface area contributed by atoms with Crippen LogP contribution in [0.1, 0.15) is 32.1 Å². The van der Waals surface area contributed by atoms with Crippen molar-refractivity contribution >= 4 is 0 Å². The number of nitrogens with zero attached hydrogens (tertiary/aromatic N) is 2. The molecule has 1 aromatic rings. The smallest absolute Gasteiger partial charge is 0.417 e. The maximum absolute atomic E-state index is 5.78. The van der Waals surface area contributed by atoms with Crippen molar-refractivity contribution in [2.45, 2.75) is 26.3 Å². The number of rotatable bonds is 7. The summed E-state index contributed by atoms with van der Waals surface area (Å²) in [4.78, 5) is 3.97. The lowest BCUT2D eigenvalue weighted by Gasteiger charge is -2.06. The lowest BCUT2D eigenvalue weighted by Crippen LogP contribution is -2.18. The molecule has 1 atom stereocenters. The van der Waals surface area contributed by atoms with E-state index in [4.69, 9.17) is 19.7 Å². The van der Waals surface area contributed by atoms with Gasteiger partial charge in [-0.3, -0.25) is 4.52 Å². The van der Waals surface area contributed by atoms with Crippen molar-refractivity contribution in [2.75, 3.05) is 19.8 Å². The second kappa shape index (κ2) is 6.36. The highest BCUT2D eigenvalue weighted by atomic mass is 16.6. The van der Waals surface area contributed by atoms with Gasteiger partial charge in [0.2, 0.25) is 0 Å². The predicted molar refractivity (Wildman–Crippen MR) is 53.5 cm³/mol. The third-order valence-corrected chi connectivity index (χ3v) is 1.67. The molecule has 0 spiro atoms. The molecule has 1 aromatic heterocycles. The largest absolute Gasteiger partial charge is 0.449 e. The SMILES string of the molecule is CCCOCC(N)c1noc(OCC)n1. The van der Waals surface area contributed by atoms with Crippen LogP contribution in [0.4, 0.5) is 0 Å². The summed E-state index contributed by atoms with van der Waals surface area (Å²) >= 11 is 0. The maximum atomic E-state index is 5.78. The summed E-state index contributed by atoms with van der Waals surface area (Å²) in [6.45, 7) is 5.44. The van der Waals surface area contributed by atoms with E-state index in [0.717, 1.165) is 6.42 Å². The monoisotopic (exact) mass is 215 g/mol. The van der Waals surface area contributed by atoms with Gasteiger partial charge in [-0.25, -0.2) is 0 Å². The zero-order valence-electron chi connectivity index (χ0n) is 9.10. The van der Waals surface area contributed by atoms with Crippen molar-refractivity contribution in [3.8, 4) is 6.08 Å². The average molecular weight is 215 g/mol. The molecule has 86 valence electrons. The quantitative estimate of drug-likeness (QED) is 0.680. The Labute approximate surface area is 88.7 Å². The molecule has 0 radical (unpaired) electrons. The van der Waals surface area contributed by atoms with Gasteiger partial charge in [0.25, 0.3) is 0 Å². The Morgan fingerprint density at radius 3 is 2.93 bits per heavy atom. The van der Waals surface area contributed by atoms with E-state index in [0.29, 0.717) is 25.6 Å². The second-order valence-corrected chi connectivity index (χ2v) is 3.03. The van der Waals surface area contributed by atoms with Crippen LogP contribution in [-0.4, -0.2) is 30.0 Å². The summed E-state index contributed by atoms with van der Waals surface area (Å²) in [5.74, 6) is 0.412. The van der Waals surface area contributed by atoms with Crippen LogP contribution in [-0.2, 0) is 4.74 Å². The minimum Gasteiger partial charge on any atom is -0.449 e. The molecule has 0 amide bonds. The van der Waals surface area contributed by atoms with Crippen LogP contribution in [0.25, 0.3) is 0 Å². The summed E-state index contributed by atoms with van der Waals surface area (Å²) < 4.78 is 15.1. The fourth-order valence-corrected chi connectivity index (χ4v) is 0.982. The highest BCUT2D eigenvalue weighted by Gasteiger charge is 2.14. The number of ether oxygens (including phenoxy) is 2. The molecule has 15 heavy (non-hydrogen) atoms. The van der Waals surface area contributed by atoms with E-state index in [1.54, 1.807) is 0 Å². The molecule has 0 aliphatic carbocycles. The van der Waals surface area contributed by atoms with E-state index in [1.165, 1.54) is 0 Å². The van der Waals surface area contributed by atoms with Gasteiger partial charge in [0, 0.05) is 6.61 Å². The first kappa shape index (κ1) is 11.9. The molecule has 1 unspecified atom stereocenters. The Morgan fingerprint density at radius 2 is 2.27 bits per heavy atom. The van der Waals surface area contributed by atoms with E-state index in [9.17, 15) is 0 Å². The van der Waals surface area contributed by atoms with E-state index in [-0.39, 0.29) is 12.1 Å². The first-order valence-electron chi connectivity index (χ1n) is 5.07. The Hall–Kier alpha value is -1.14. The second-order valence-electron chi connectivity index (χ2n) is 3.03. The number of aromatic nitrogens is 2. The van der Waals surface area contributed by atoms with Crippen LogP contribution < -0.4 is 10.5 Å². The van der Waals surface area contributed by atoms with Crippen molar-refractivity contribution in [1.82, 2.24) is 10.1 Å². The molecule has 2 N–H and O–H groups in total. The van der Waals surface area contributed by atoms with Gasteiger partial charge in [0.05, 0.1) is 19.3 Å². The van der Waals surface area contributed by atoms with Crippen molar-refractivity contribution in [3.63, 3.8) is 0 Å². The third-order valence-electron chi connectivity index (χ3n) is 1.67. The molecule has 6 heteroatoms. The van der Waals surface area contributed by atoms with Crippen LogP contribution in [0.3, 0.4) is 0 Å². The molecule has 1 heterocycles. The molecule has 0 saturated carbocycles. The van der Waals surface area contributed by atoms with E-state index < -0.39 is 0 Å². The van der Waals surface area contributed by atoms with E-state index in [1.807, 2.05) is 13.8 Å². The first-order valence-corrected chi connectivity index (χ1v) is 5.07. The summed E-state index contributed by atoms with van der Waals surface area (Å²) in [6.07, 6.45) is 1.11. The van der Waals surface area contributed by atoms with Crippen LogP contribution >= 0.6 is 0 Å². The summed E-state index contributed by atoms with van der Waals surface area (Å²) in [5.41, 5.74) is 5.78. The molecule has 0 aliphatic rings. The molecule has 0 saturated heterocycles. The topological polar surface area (TPSA) is 83.4 Å². The first-order chi connectivity index (χ1) is 7.27. The van der Waals surface area contributed by atoms with E-state index in [2.05, 4.69) is 10.1 Å². The third kappa shape index (κ3) is 3.85. The van der Waals surface area contributed by atoms with Gasteiger partial charge in [-0.1, -0.05) is 12.1 Å². The van der Waals surface area contributed by atoms with Gasteiger partial charge in [-0.15, -0.1) is 0 Å². The zero-order valence-corrected chi connectivity index (χ0v) is 9.10. The fourth-order valence-electron chi connectivity index (χ4n) is 0.982. The standard InChI is InChI=1S/C9H17N3O3/c1-3-5-13-6-7(10)8-11-9(14-4-2)15-12-8/h7H,3-6,10H2,1-2H3. The summed E-state index contributed by atoms with van der Waals surface area (Å²) in [7, 11) is 0. The van der Waals surface area contributed by atoms with Gasteiger partial charge in [-0.2, -0.15) is 4.98 Å². The van der Waals surface area contributed by atoms with Gasteiger partial charge >= 0.3 is 6.08 Å². The fraction of sp³-hybridized carbons (Fsp3) is 0.778. The molecule has 0 bridgehead atoms. The summed E-state index contributed by atoms with van der Waals surface area (Å²) in [5, 5.41) is 3.70. The van der Waals surface area contributed by atoms with Gasteiger partial charge in [0.1, 0.15) is 0 Å². The molecular weight excluding hydrogens is 198 g/mol. The highest BCUT2D eigenvalue weighted by Crippen LogP contribution is 2.11. The maximum Gasteiger partial charge on any atom is 0.417 e. The normalized spacial score (nSPS) is 12.7. The molecular formula is C9H17N3O3. The summed E-state index contributed by atoms with van der Waals surface area (Å²) in [6, 6.07) is -0.366. The van der Waals surface area contributed by atoms with Crippen molar-refractivity contribution in [1.29, 1.82) is 0 Å². The van der Waals surface area contributed by atoms with Crippen molar-refractivity contribution in [3.05, 3.63) is 5.82 Å². The average Bonchev–Trinajstić information content (AvgIpc) is 2.67. The predicted octanol–water partition coefficient (Wildman–Crippen LogP) is 0.895. The number of hydrogen-bond donors (Lipinski definition) is 1. The number of hydrogen-bond acceptors (Lipinski definition) is 6. The van der Waals surface area contributed by atoms with Crippen molar-refractivity contribution in [2.24, 2.45) is 5.73 Å². The van der Waals surface area contributed by atoms with Gasteiger partial charge in [0.15, 0.2) is 5.82 Å². The molecule has 6 nitrogen and oxygen atoms in total. The van der Waals surface area contributed by atoms with Crippen LogP contribution in [0, 0.1) is 0 Å². The zero-order chi connectivity index (χ0) is 11.1. The molecule has 1 rings (SSSR count). The molecule has 0 aliphatic heterocycles. The lowest BCUT2D eigenvalue weighted by molar-refractivity contribution is 0.119. The van der Waals surface area contributed by atoms with Gasteiger partial charge in [-0.05, 0) is 13.3 Å². The van der Waals surface area contributed by atoms with Crippen molar-refractivity contribution < 1.29 is 14.0 Å².